The van der Waals surface area contributed by atoms with E-state index in [1.165, 1.54) is 5.56 Å². The van der Waals surface area contributed by atoms with E-state index in [-0.39, 0.29) is 23.9 Å². The van der Waals surface area contributed by atoms with Gasteiger partial charge in [-0.3, -0.25) is 4.79 Å². The molecule has 1 fully saturated rings. The third-order valence-electron chi connectivity index (χ3n) is 4.62. The second kappa shape index (κ2) is 8.36. The fourth-order valence-electron chi connectivity index (χ4n) is 2.87. The van der Waals surface area contributed by atoms with Crippen LogP contribution < -0.4 is 16.0 Å². The van der Waals surface area contributed by atoms with Crippen molar-refractivity contribution in [1.29, 1.82) is 0 Å². The summed E-state index contributed by atoms with van der Waals surface area (Å²) in [5.41, 5.74) is 2.28. The van der Waals surface area contributed by atoms with Crippen molar-refractivity contribution in [1.82, 2.24) is 16.0 Å². The first kappa shape index (κ1) is 18.5. The molecule has 0 spiro atoms. The Morgan fingerprint density at radius 3 is 2.42 bits per heavy atom. The number of carbonyl (C=O) groups excluding carboxylic acids is 2. The van der Waals surface area contributed by atoms with Crippen molar-refractivity contribution < 1.29 is 9.59 Å². The van der Waals surface area contributed by atoms with E-state index in [1.54, 1.807) is 0 Å². The van der Waals surface area contributed by atoms with Gasteiger partial charge in [0.25, 0.3) is 0 Å². The van der Waals surface area contributed by atoms with Crippen molar-refractivity contribution in [3.63, 3.8) is 0 Å². The van der Waals surface area contributed by atoms with Gasteiger partial charge in [-0.05, 0) is 36.1 Å². The van der Waals surface area contributed by atoms with Gasteiger partial charge in [-0.15, -0.1) is 0 Å². The number of hydrogen-bond donors (Lipinski definition) is 3. The second-order valence-electron chi connectivity index (χ2n) is 6.59. The molecule has 3 N–H and O–H groups in total. The lowest BCUT2D eigenvalue weighted by molar-refractivity contribution is -0.120. The number of urea groups is 1. The molecule has 2 aromatic rings. The Balaban J connectivity index is 1.38. The first-order valence-electron chi connectivity index (χ1n) is 8.66. The molecule has 0 heterocycles. The van der Waals surface area contributed by atoms with Gasteiger partial charge in [0.15, 0.2) is 0 Å². The Hall–Kier alpha value is -2.34. The quantitative estimate of drug-likeness (QED) is 0.649. The van der Waals surface area contributed by atoms with Gasteiger partial charge in [0, 0.05) is 23.0 Å². The molecule has 0 saturated heterocycles. The van der Waals surface area contributed by atoms with E-state index < -0.39 is 0 Å². The highest BCUT2D eigenvalue weighted by Gasteiger charge is 2.44. The van der Waals surface area contributed by atoms with E-state index in [9.17, 15) is 9.59 Å². The minimum atomic E-state index is -0.318. The molecule has 26 heavy (non-hydrogen) atoms. The van der Waals surface area contributed by atoms with Crippen LogP contribution in [0.4, 0.5) is 4.79 Å². The lowest BCUT2D eigenvalue weighted by Gasteiger charge is -2.17. The Kier molecular flexibility index (Phi) is 5.93. The number of amides is 3. The molecule has 1 aliphatic rings. The predicted molar refractivity (Wildman–Crippen MR) is 105 cm³/mol. The molecular weight excluding hydrogens is 394 g/mol. The minimum Gasteiger partial charge on any atom is -0.350 e. The summed E-state index contributed by atoms with van der Waals surface area (Å²) in [6, 6.07) is 17.5. The Bertz CT molecular complexity index is 776. The standard InChI is InChI=1S/C20H22BrN3O2/c21-17-8-4-7-16(11-17)20(9-10-20)14-24-19(26)23-13-18(25)22-12-15-5-2-1-3-6-15/h1-8,11H,9-10,12-14H2,(H,22,25)(H2,23,24,26). The molecule has 1 saturated carbocycles. The molecule has 2 aromatic carbocycles. The zero-order valence-electron chi connectivity index (χ0n) is 14.4. The molecule has 5 nitrogen and oxygen atoms in total. The van der Waals surface area contributed by atoms with Crippen molar-refractivity contribution in [2.75, 3.05) is 13.1 Å². The normalized spacial score (nSPS) is 14.3. The van der Waals surface area contributed by atoms with Crippen molar-refractivity contribution in [3.05, 3.63) is 70.2 Å². The smallest absolute Gasteiger partial charge is 0.315 e. The van der Waals surface area contributed by atoms with Crippen molar-refractivity contribution >= 4 is 27.9 Å². The summed E-state index contributed by atoms with van der Waals surface area (Å²) in [6.07, 6.45) is 2.11. The highest BCUT2D eigenvalue weighted by Crippen LogP contribution is 2.48. The molecule has 3 rings (SSSR count). The van der Waals surface area contributed by atoms with Crippen LogP contribution in [0.2, 0.25) is 0 Å². The van der Waals surface area contributed by atoms with Crippen LogP contribution in [0, 0.1) is 0 Å². The van der Waals surface area contributed by atoms with Crippen molar-refractivity contribution in [2.45, 2.75) is 24.8 Å². The topological polar surface area (TPSA) is 70.2 Å². The number of hydrogen-bond acceptors (Lipinski definition) is 2. The third-order valence-corrected chi connectivity index (χ3v) is 5.11. The molecular formula is C20H22BrN3O2. The molecule has 0 unspecified atom stereocenters. The Labute approximate surface area is 161 Å². The second-order valence-corrected chi connectivity index (χ2v) is 7.50. The van der Waals surface area contributed by atoms with Crippen LogP contribution in [0.5, 0.6) is 0 Å². The van der Waals surface area contributed by atoms with Gasteiger partial charge < -0.3 is 16.0 Å². The van der Waals surface area contributed by atoms with Crippen LogP contribution in [0.1, 0.15) is 24.0 Å². The van der Waals surface area contributed by atoms with Gasteiger partial charge in [-0.25, -0.2) is 4.79 Å². The van der Waals surface area contributed by atoms with E-state index in [0.717, 1.165) is 22.9 Å². The van der Waals surface area contributed by atoms with Gasteiger partial charge in [0.05, 0.1) is 6.54 Å². The average Bonchev–Trinajstić information content (AvgIpc) is 3.45. The van der Waals surface area contributed by atoms with Gasteiger partial charge in [0.2, 0.25) is 5.91 Å². The number of carbonyl (C=O) groups is 2. The maximum absolute atomic E-state index is 12.0. The molecule has 136 valence electrons. The van der Waals surface area contributed by atoms with Gasteiger partial charge in [0.1, 0.15) is 0 Å². The molecule has 0 radical (unpaired) electrons. The summed E-state index contributed by atoms with van der Waals surface area (Å²) >= 11 is 3.49. The van der Waals surface area contributed by atoms with E-state index in [2.05, 4.69) is 44.0 Å². The maximum Gasteiger partial charge on any atom is 0.315 e. The highest BCUT2D eigenvalue weighted by atomic mass is 79.9. The molecule has 6 heteroatoms. The zero-order chi connectivity index (χ0) is 18.4. The molecule has 0 aliphatic heterocycles. The monoisotopic (exact) mass is 415 g/mol. The molecule has 0 bridgehead atoms. The molecule has 0 aromatic heterocycles. The summed E-state index contributed by atoms with van der Waals surface area (Å²) < 4.78 is 1.04. The van der Waals surface area contributed by atoms with E-state index in [4.69, 9.17) is 0 Å². The van der Waals surface area contributed by atoms with Crippen molar-refractivity contribution in [2.24, 2.45) is 0 Å². The van der Waals surface area contributed by atoms with E-state index in [1.807, 2.05) is 42.5 Å². The Morgan fingerprint density at radius 1 is 0.962 bits per heavy atom. The maximum atomic E-state index is 12.0. The fraction of sp³-hybridized carbons (Fsp3) is 0.300. The number of nitrogens with one attached hydrogen (secondary N) is 3. The minimum absolute atomic E-state index is 0.0245. The van der Waals surface area contributed by atoms with Gasteiger partial charge >= 0.3 is 6.03 Å². The van der Waals surface area contributed by atoms with Gasteiger partial charge in [-0.1, -0.05) is 58.4 Å². The average molecular weight is 416 g/mol. The number of halogens is 1. The third kappa shape index (κ3) is 5.08. The molecule has 1 aliphatic carbocycles. The zero-order valence-corrected chi connectivity index (χ0v) is 16.0. The number of rotatable bonds is 7. The van der Waals surface area contributed by atoms with Crippen molar-refractivity contribution in [3.8, 4) is 0 Å². The van der Waals surface area contributed by atoms with Crippen LogP contribution >= 0.6 is 15.9 Å². The summed E-state index contributed by atoms with van der Waals surface area (Å²) in [7, 11) is 0. The molecule has 0 atom stereocenters. The SMILES string of the molecule is O=C(CNC(=O)NCC1(c2cccc(Br)c2)CC1)NCc1ccccc1. The van der Waals surface area contributed by atoms with Crippen LogP contribution in [0.3, 0.4) is 0 Å². The highest BCUT2D eigenvalue weighted by molar-refractivity contribution is 9.10. The van der Waals surface area contributed by atoms with Crippen LogP contribution in [-0.2, 0) is 16.8 Å². The number of benzene rings is 2. The molecule has 3 amide bonds. The summed E-state index contributed by atoms with van der Waals surface area (Å²) in [4.78, 5) is 23.8. The summed E-state index contributed by atoms with van der Waals surface area (Å²) in [5, 5.41) is 8.28. The van der Waals surface area contributed by atoms with E-state index in [0.29, 0.717) is 13.1 Å². The van der Waals surface area contributed by atoms with Crippen LogP contribution in [0.15, 0.2) is 59.1 Å². The fourth-order valence-corrected chi connectivity index (χ4v) is 3.27. The summed E-state index contributed by atoms with van der Waals surface area (Å²) in [5.74, 6) is -0.211. The van der Waals surface area contributed by atoms with Gasteiger partial charge in [-0.2, -0.15) is 0 Å². The first-order chi connectivity index (χ1) is 12.6. The Morgan fingerprint density at radius 2 is 1.73 bits per heavy atom. The predicted octanol–water partition coefficient (Wildman–Crippen LogP) is 3.10. The first-order valence-corrected chi connectivity index (χ1v) is 9.45. The summed E-state index contributed by atoms with van der Waals surface area (Å²) in [6.45, 7) is 0.985. The lowest BCUT2D eigenvalue weighted by Crippen LogP contribution is -2.44. The lowest BCUT2D eigenvalue weighted by atomic mass is 9.96. The largest absolute Gasteiger partial charge is 0.350 e. The van der Waals surface area contributed by atoms with Crippen LogP contribution in [0.25, 0.3) is 0 Å². The van der Waals surface area contributed by atoms with E-state index >= 15 is 0 Å². The van der Waals surface area contributed by atoms with Crippen LogP contribution in [-0.4, -0.2) is 25.0 Å².